The van der Waals surface area contributed by atoms with Crippen molar-refractivity contribution in [1.82, 2.24) is 9.97 Å². The van der Waals surface area contributed by atoms with Gasteiger partial charge in [0.05, 0.1) is 7.11 Å². The van der Waals surface area contributed by atoms with Gasteiger partial charge >= 0.3 is 0 Å². The van der Waals surface area contributed by atoms with Crippen molar-refractivity contribution in [1.29, 1.82) is 0 Å². The van der Waals surface area contributed by atoms with Crippen molar-refractivity contribution in [2.45, 2.75) is 43.4 Å². The molecule has 17 heavy (non-hydrogen) atoms. The molecule has 0 amide bonds. The van der Waals surface area contributed by atoms with Gasteiger partial charge in [0.2, 0.25) is 5.88 Å². The summed E-state index contributed by atoms with van der Waals surface area (Å²) in [7, 11) is 1.64. The summed E-state index contributed by atoms with van der Waals surface area (Å²) in [6, 6.07) is 1.93. The molecule has 2 rings (SSSR count). The number of ether oxygens (including phenoxy) is 1. The van der Waals surface area contributed by atoms with Crippen molar-refractivity contribution in [3.63, 3.8) is 0 Å². The number of aromatic nitrogens is 2. The average Bonchev–Trinajstić information content (AvgIpc) is 2.40. The third-order valence-corrected chi connectivity index (χ3v) is 4.54. The van der Waals surface area contributed by atoms with Crippen molar-refractivity contribution in [3.8, 4) is 5.88 Å². The number of hydrogen-bond donors (Lipinski definition) is 0. The number of alkyl halides is 1. The molecule has 0 saturated heterocycles. The Labute approximate surface area is 111 Å². The van der Waals surface area contributed by atoms with Crippen LogP contribution in [0.15, 0.2) is 12.4 Å². The first-order valence-corrected chi connectivity index (χ1v) is 7.20. The zero-order valence-electron chi connectivity index (χ0n) is 10.2. The summed E-state index contributed by atoms with van der Waals surface area (Å²) < 4.78 is 5.12. The van der Waals surface area contributed by atoms with E-state index in [0.717, 1.165) is 18.0 Å². The van der Waals surface area contributed by atoms with Crippen LogP contribution in [0.5, 0.6) is 5.88 Å². The predicted molar refractivity (Wildman–Crippen MR) is 71.6 cm³/mol. The molecule has 1 unspecified atom stereocenters. The molecule has 1 fully saturated rings. The average molecular weight is 299 g/mol. The van der Waals surface area contributed by atoms with Crippen molar-refractivity contribution < 1.29 is 4.74 Å². The molecule has 0 N–H and O–H groups in total. The summed E-state index contributed by atoms with van der Waals surface area (Å²) in [6.07, 6.45) is 9.38. The molecule has 1 atom stereocenters. The lowest BCUT2D eigenvalue weighted by atomic mass is 9.85. The topological polar surface area (TPSA) is 35.0 Å². The fraction of sp³-hybridized carbons (Fsp3) is 0.692. The molecule has 1 saturated carbocycles. The van der Waals surface area contributed by atoms with Crippen LogP contribution in [0.2, 0.25) is 0 Å². The summed E-state index contributed by atoms with van der Waals surface area (Å²) in [4.78, 5) is 8.86. The first-order valence-electron chi connectivity index (χ1n) is 6.28. The maximum Gasteiger partial charge on any atom is 0.216 e. The van der Waals surface area contributed by atoms with Crippen LogP contribution in [-0.2, 0) is 6.42 Å². The van der Waals surface area contributed by atoms with Crippen LogP contribution in [0, 0.1) is 5.92 Å². The van der Waals surface area contributed by atoms with Gasteiger partial charge in [0, 0.05) is 23.0 Å². The SMILES string of the molecule is COc1cc(CC(Br)C2CCCCC2)ncn1. The molecule has 1 aliphatic rings. The second kappa shape index (κ2) is 6.34. The normalized spacial score (nSPS) is 18.9. The fourth-order valence-corrected chi connectivity index (χ4v) is 3.32. The summed E-state index contributed by atoms with van der Waals surface area (Å²) in [5, 5.41) is 0. The van der Waals surface area contributed by atoms with Crippen molar-refractivity contribution in [2.24, 2.45) is 5.92 Å². The van der Waals surface area contributed by atoms with Gasteiger partial charge in [-0.3, -0.25) is 0 Å². The van der Waals surface area contributed by atoms with Crippen LogP contribution >= 0.6 is 15.9 Å². The summed E-state index contributed by atoms with van der Waals surface area (Å²) in [5.74, 6) is 1.45. The van der Waals surface area contributed by atoms with E-state index in [1.807, 2.05) is 6.07 Å². The second-order valence-corrected chi connectivity index (χ2v) is 5.85. The number of hydrogen-bond acceptors (Lipinski definition) is 3. The summed E-state index contributed by atoms with van der Waals surface area (Å²) in [5.41, 5.74) is 1.06. The lowest BCUT2D eigenvalue weighted by Gasteiger charge is -2.26. The third kappa shape index (κ3) is 3.66. The number of halogens is 1. The van der Waals surface area contributed by atoms with Gasteiger partial charge in [0.15, 0.2) is 0 Å². The van der Waals surface area contributed by atoms with Gasteiger partial charge in [-0.2, -0.15) is 0 Å². The highest BCUT2D eigenvalue weighted by Crippen LogP contribution is 2.31. The second-order valence-electron chi connectivity index (χ2n) is 4.67. The van der Waals surface area contributed by atoms with Gasteiger partial charge in [-0.25, -0.2) is 9.97 Å². The number of methoxy groups -OCH3 is 1. The Balaban J connectivity index is 1.94. The first kappa shape index (κ1) is 12.8. The Hall–Kier alpha value is -0.640. The van der Waals surface area contributed by atoms with E-state index in [1.54, 1.807) is 13.4 Å². The smallest absolute Gasteiger partial charge is 0.216 e. The van der Waals surface area contributed by atoms with Gasteiger partial charge in [-0.05, 0) is 18.8 Å². The molecule has 1 aliphatic carbocycles. The standard InChI is InChI=1S/C13H19BrN2O/c1-17-13-8-11(15-9-16-13)7-12(14)10-5-3-2-4-6-10/h8-10,12H,2-7H2,1H3. The Kier molecular flexibility index (Phi) is 4.77. The highest BCUT2D eigenvalue weighted by molar-refractivity contribution is 9.09. The molecule has 1 aromatic rings. The molecule has 4 heteroatoms. The van der Waals surface area contributed by atoms with Crippen LogP contribution in [0.3, 0.4) is 0 Å². The zero-order valence-corrected chi connectivity index (χ0v) is 11.8. The molecule has 0 aromatic carbocycles. The van der Waals surface area contributed by atoms with Gasteiger partial charge in [0.1, 0.15) is 6.33 Å². The molecule has 1 aromatic heterocycles. The van der Waals surface area contributed by atoms with E-state index in [9.17, 15) is 0 Å². The molecule has 0 radical (unpaired) electrons. The zero-order chi connectivity index (χ0) is 12.1. The van der Waals surface area contributed by atoms with E-state index in [0.29, 0.717) is 10.7 Å². The Morgan fingerprint density at radius 3 is 2.82 bits per heavy atom. The number of nitrogens with zero attached hydrogens (tertiary/aromatic N) is 2. The Morgan fingerprint density at radius 2 is 2.12 bits per heavy atom. The highest BCUT2D eigenvalue weighted by Gasteiger charge is 2.22. The lowest BCUT2D eigenvalue weighted by molar-refractivity contribution is 0.349. The highest BCUT2D eigenvalue weighted by atomic mass is 79.9. The van der Waals surface area contributed by atoms with E-state index in [4.69, 9.17) is 4.74 Å². The monoisotopic (exact) mass is 298 g/mol. The van der Waals surface area contributed by atoms with E-state index in [-0.39, 0.29) is 0 Å². The summed E-state index contributed by atoms with van der Waals surface area (Å²) in [6.45, 7) is 0. The minimum absolute atomic E-state index is 0.530. The van der Waals surface area contributed by atoms with E-state index >= 15 is 0 Å². The van der Waals surface area contributed by atoms with Crippen LogP contribution in [0.4, 0.5) is 0 Å². The largest absolute Gasteiger partial charge is 0.481 e. The molecule has 3 nitrogen and oxygen atoms in total. The molecular weight excluding hydrogens is 280 g/mol. The van der Waals surface area contributed by atoms with Crippen LogP contribution < -0.4 is 4.74 Å². The van der Waals surface area contributed by atoms with Gasteiger partial charge in [0.25, 0.3) is 0 Å². The van der Waals surface area contributed by atoms with Crippen LogP contribution in [-0.4, -0.2) is 21.9 Å². The van der Waals surface area contributed by atoms with Gasteiger partial charge < -0.3 is 4.74 Å². The third-order valence-electron chi connectivity index (χ3n) is 3.47. The minimum Gasteiger partial charge on any atom is -0.481 e. The molecule has 0 aliphatic heterocycles. The van der Waals surface area contributed by atoms with E-state index in [1.165, 1.54) is 32.1 Å². The lowest BCUT2D eigenvalue weighted by Crippen LogP contribution is -2.20. The van der Waals surface area contributed by atoms with Crippen molar-refractivity contribution >= 4 is 15.9 Å². The van der Waals surface area contributed by atoms with Crippen molar-refractivity contribution in [2.75, 3.05) is 7.11 Å². The minimum atomic E-state index is 0.530. The van der Waals surface area contributed by atoms with Gasteiger partial charge in [-0.15, -0.1) is 0 Å². The van der Waals surface area contributed by atoms with Crippen molar-refractivity contribution in [3.05, 3.63) is 18.1 Å². The molecule has 1 heterocycles. The van der Waals surface area contributed by atoms with E-state index in [2.05, 4.69) is 25.9 Å². The number of rotatable bonds is 4. The van der Waals surface area contributed by atoms with E-state index < -0.39 is 0 Å². The maximum absolute atomic E-state index is 5.12. The molecule has 0 spiro atoms. The molecule has 0 bridgehead atoms. The molecule has 94 valence electrons. The first-order chi connectivity index (χ1) is 8.29. The van der Waals surface area contributed by atoms with Gasteiger partial charge in [-0.1, -0.05) is 35.2 Å². The van der Waals surface area contributed by atoms with Crippen LogP contribution in [0.25, 0.3) is 0 Å². The Morgan fingerprint density at radius 1 is 1.35 bits per heavy atom. The fourth-order valence-electron chi connectivity index (χ4n) is 2.46. The quantitative estimate of drug-likeness (QED) is 0.800. The summed E-state index contributed by atoms with van der Waals surface area (Å²) >= 11 is 3.82. The Bertz CT molecular complexity index is 353. The molecular formula is C13H19BrN2O. The van der Waals surface area contributed by atoms with Crippen LogP contribution in [0.1, 0.15) is 37.8 Å². The predicted octanol–water partition coefficient (Wildman–Crippen LogP) is 3.37. The maximum atomic E-state index is 5.12.